The van der Waals surface area contributed by atoms with Crippen molar-refractivity contribution in [3.8, 4) is 11.5 Å². The maximum absolute atomic E-state index is 12.9. The van der Waals surface area contributed by atoms with Crippen LogP contribution in [0.1, 0.15) is 27.2 Å². The van der Waals surface area contributed by atoms with E-state index >= 15 is 0 Å². The van der Waals surface area contributed by atoms with Gasteiger partial charge in [-0.3, -0.25) is 0 Å². The minimum Gasteiger partial charge on any atom is -0.490 e. The summed E-state index contributed by atoms with van der Waals surface area (Å²) in [6.07, 6.45) is 0.776. The summed E-state index contributed by atoms with van der Waals surface area (Å²) >= 11 is 0. The second kappa shape index (κ2) is 8.38. The van der Waals surface area contributed by atoms with Gasteiger partial charge in [0.2, 0.25) is 10.0 Å². The molecule has 2 N–H and O–H groups in total. The molecule has 1 aromatic rings. The molecule has 1 fully saturated rings. The van der Waals surface area contributed by atoms with Gasteiger partial charge in [0, 0.05) is 19.2 Å². The largest absolute Gasteiger partial charge is 0.490 e. The summed E-state index contributed by atoms with van der Waals surface area (Å²) in [5.41, 5.74) is 5.62. The highest BCUT2D eigenvalue weighted by Gasteiger charge is 2.39. The first-order valence-corrected chi connectivity index (χ1v) is 9.40. The highest BCUT2D eigenvalue weighted by molar-refractivity contribution is 7.89. The van der Waals surface area contributed by atoms with Crippen LogP contribution >= 0.6 is 12.4 Å². The van der Waals surface area contributed by atoms with E-state index in [-0.39, 0.29) is 22.7 Å². The predicted molar refractivity (Wildman–Crippen MR) is 96.6 cm³/mol. The molecule has 138 valence electrons. The Bertz CT molecular complexity index is 653. The number of ether oxygens (including phenoxy) is 2. The molecular formula is C16H27ClN2O4S. The van der Waals surface area contributed by atoms with Crippen LogP contribution in [0.15, 0.2) is 23.1 Å². The minimum absolute atomic E-state index is 0. The van der Waals surface area contributed by atoms with Gasteiger partial charge in [-0.2, -0.15) is 4.31 Å². The first kappa shape index (κ1) is 21.0. The smallest absolute Gasteiger partial charge is 0.243 e. The van der Waals surface area contributed by atoms with E-state index in [0.717, 1.165) is 6.42 Å². The molecule has 1 saturated heterocycles. The Kier molecular flexibility index (Phi) is 7.34. The summed E-state index contributed by atoms with van der Waals surface area (Å²) in [6, 6.07) is 4.77. The number of hydrogen-bond donors (Lipinski definition) is 1. The van der Waals surface area contributed by atoms with Gasteiger partial charge < -0.3 is 15.2 Å². The Labute approximate surface area is 150 Å². The Balaban J connectivity index is 0.00000288. The van der Waals surface area contributed by atoms with Gasteiger partial charge in [-0.05, 0) is 44.4 Å². The van der Waals surface area contributed by atoms with Gasteiger partial charge in [0.1, 0.15) is 0 Å². The monoisotopic (exact) mass is 378 g/mol. The van der Waals surface area contributed by atoms with Crippen LogP contribution in [0.25, 0.3) is 0 Å². The van der Waals surface area contributed by atoms with Crippen LogP contribution in [0, 0.1) is 5.41 Å². The second-order valence-corrected chi connectivity index (χ2v) is 8.02. The van der Waals surface area contributed by atoms with Crippen LogP contribution < -0.4 is 15.2 Å². The van der Waals surface area contributed by atoms with E-state index in [1.165, 1.54) is 4.31 Å². The third-order valence-corrected chi connectivity index (χ3v) is 6.01. The number of benzene rings is 1. The van der Waals surface area contributed by atoms with Crippen LogP contribution in [0.5, 0.6) is 11.5 Å². The van der Waals surface area contributed by atoms with Crippen LogP contribution in [0.4, 0.5) is 0 Å². The second-order valence-electron chi connectivity index (χ2n) is 6.08. The van der Waals surface area contributed by atoms with Crippen molar-refractivity contribution in [1.29, 1.82) is 0 Å². The quantitative estimate of drug-likeness (QED) is 0.787. The number of halogens is 1. The summed E-state index contributed by atoms with van der Waals surface area (Å²) in [6.45, 7) is 8.10. The summed E-state index contributed by atoms with van der Waals surface area (Å²) in [5.74, 6) is 1.01. The van der Waals surface area contributed by atoms with E-state index in [1.54, 1.807) is 18.2 Å². The fourth-order valence-electron chi connectivity index (χ4n) is 2.69. The summed E-state index contributed by atoms with van der Waals surface area (Å²) in [4.78, 5) is 0.227. The zero-order chi connectivity index (χ0) is 17.1. The van der Waals surface area contributed by atoms with Gasteiger partial charge in [0.05, 0.1) is 18.1 Å². The molecule has 0 radical (unpaired) electrons. The molecule has 1 heterocycles. The maximum Gasteiger partial charge on any atom is 0.243 e. The van der Waals surface area contributed by atoms with E-state index in [2.05, 4.69) is 0 Å². The molecular weight excluding hydrogens is 352 g/mol. The molecule has 0 saturated carbocycles. The molecule has 0 amide bonds. The highest BCUT2D eigenvalue weighted by Crippen LogP contribution is 2.35. The molecule has 0 bridgehead atoms. The highest BCUT2D eigenvalue weighted by atomic mass is 35.5. The molecule has 24 heavy (non-hydrogen) atoms. The fourth-order valence-corrected chi connectivity index (χ4v) is 4.30. The molecule has 0 aromatic heterocycles. The number of hydrogen-bond acceptors (Lipinski definition) is 5. The van der Waals surface area contributed by atoms with Crippen molar-refractivity contribution in [2.75, 3.05) is 32.8 Å². The van der Waals surface area contributed by atoms with E-state index in [0.29, 0.717) is 44.3 Å². The van der Waals surface area contributed by atoms with Crippen molar-refractivity contribution in [2.24, 2.45) is 11.1 Å². The van der Waals surface area contributed by atoms with Crippen LogP contribution in [-0.4, -0.2) is 45.6 Å². The summed E-state index contributed by atoms with van der Waals surface area (Å²) in [7, 11) is -3.55. The molecule has 6 nitrogen and oxygen atoms in total. The first-order valence-electron chi connectivity index (χ1n) is 7.96. The van der Waals surface area contributed by atoms with Crippen molar-refractivity contribution in [2.45, 2.75) is 32.1 Å². The molecule has 1 aliphatic rings. The molecule has 1 unspecified atom stereocenters. The topological polar surface area (TPSA) is 81.9 Å². The lowest BCUT2D eigenvalue weighted by Gasteiger charge is -2.22. The lowest BCUT2D eigenvalue weighted by atomic mass is 9.90. The zero-order valence-corrected chi connectivity index (χ0v) is 16.1. The molecule has 1 aliphatic heterocycles. The lowest BCUT2D eigenvalue weighted by molar-refractivity contribution is 0.287. The third kappa shape index (κ3) is 4.33. The van der Waals surface area contributed by atoms with Crippen LogP contribution in [0.3, 0.4) is 0 Å². The van der Waals surface area contributed by atoms with E-state index in [1.807, 2.05) is 20.8 Å². The van der Waals surface area contributed by atoms with Crippen molar-refractivity contribution in [1.82, 2.24) is 4.31 Å². The number of nitrogens with zero attached hydrogens (tertiary/aromatic N) is 1. The number of nitrogens with two attached hydrogens (primary N) is 1. The van der Waals surface area contributed by atoms with Crippen LogP contribution in [0.2, 0.25) is 0 Å². The van der Waals surface area contributed by atoms with Crippen molar-refractivity contribution >= 4 is 22.4 Å². The van der Waals surface area contributed by atoms with E-state index < -0.39 is 10.0 Å². The van der Waals surface area contributed by atoms with Crippen molar-refractivity contribution in [3.05, 3.63) is 18.2 Å². The Morgan fingerprint density at radius 1 is 1.21 bits per heavy atom. The van der Waals surface area contributed by atoms with Crippen molar-refractivity contribution < 1.29 is 17.9 Å². The van der Waals surface area contributed by atoms with Crippen molar-refractivity contribution in [3.63, 3.8) is 0 Å². The zero-order valence-electron chi connectivity index (χ0n) is 14.4. The molecule has 1 atom stereocenters. The summed E-state index contributed by atoms with van der Waals surface area (Å²) in [5, 5.41) is 0. The number of rotatable bonds is 7. The Hall–Kier alpha value is -1.02. The molecule has 2 rings (SSSR count). The molecule has 8 heteroatoms. The fraction of sp³-hybridized carbons (Fsp3) is 0.625. The minimum atomic E-state index is -3.55. The van der Waals surface area contributed by atoms with Crippen LogP contribution in [-0.2, 0) is 10.0 Å². The lowest BCUT2D eigenvalue weighted by Crippen LogP contribution is -2.34. The summed E-state index contributed by atoms with van der Waals surface area (Å²) < 4.78 is 38.2. The van der Waals surface area contributed by atoms with E-state index in [9.17, 15) is 8.42 Å². The van der Waals surface area contributed by atoms with Gasteiger partial charge in [-0.15, -0.1) is 12.4 Å². The standard InChI is InChI=1S/C16H26N2O4S.ClH/c1-4-21-14-7-6-13(10-15(14)22-5-2)23(19,20)18-9-8-16(3,11-17)12-18;/h6-7,10H,4-5,8-9,11-12,17H2,1-3H3;1H. The average molecular weight is 379 g/mol. The number of sulfonamides is 1. The Morgan fingerprint density at radius 3 is 2.38 bits per heavy atom. The third-order valence-electron chi connectivity index (χ3n) is 4.17. The SMILES string of the molecule is CCOc1ccc(S(=O)(=O)N2CCC(C)(CN)C2)cc1OCC.Cl. The normalized spacial score (nSPS) is 21.3. The van der Waals surface area contributed by atoms with Gasteiger partial charge in [-0.1, -0.05) is 6.92 Å². The van der Waals surface area contributed by atoms with Gasteiger partial charge in [0.25, 0.3) is 0 Å². The molecule has 1 aromatic carbocycles. The van der Waals surface area contributed by atoms with Gasteiger partial charge in [0.15, 0.2) is 11.5 Å². The maximum atomic E-state index is 12.9. The van der Waals surface area contributed by atoms with Gasteiger partial charge >= 0.3 is 0 Å². The molecule has 0 aliphatic carbocycles. The first-order chi connectivity index (χ1) is 10.9. The van der Waals surface area contributed by atoms with Gasteiger partial charge in [-0.25, -0.2) is 8.42 Å². The predicted octanol–water partition coefficient (Wildman–Crippen LogP) is 2.27. The average Bonchev–Trinajstić information content (AvgIpc) is 2.93. The van der Waals surface area contributed by atoms with E-state index in [4.69, 9.17) is 15.2 Å². The molecule has 0 spiro atoms. The Morgan fingerprint density at radius 2 is 1.83 bits per heavy atom.